The van der Waals surface area contributed by atoms with Gasteiger partial charge in [0.1, 0.15) is 5.60 Å². The van der Waals surface area contributed by atoms with Gasteiger partial charge in [0.15, 0.2) is 0 Å². The number of ether oxygens (including phenoxy) is 1. The molecular weight excluding hydrogens is 300 g/mol. The quantitative estimate of drug-likeness (QED) is 0.820. The Morgan fingerprint density at radius 1 is 1.29 bits per heavy atom. The molecule has 0 aliphatic carbocycles. The number of amides is 1. The van der Waals surface area contributed by atoms with Gasteiger partial charge in [-0.1, -0.05) is 32.0 Å². The van der Waals surface area contributed by atoms with Gasteiger partial charge >= 0.3 is 6.09 Å². The second-order valence-electron chi connectivity index (χ2n) is 7.59. The molecule has 1 aliphatic rings. The lowest BCUT2D eigenvalue weighted by Gasteiger charge is -2.36. The number of rotatable bonds is 4. The number of carbonyl (C=O) groups excluding carboxylic acids is 1. The summed E-state index contributed by atoms with van der Waals surface area (Å²) in [4.78, 5) is 16.7. The average Bonchev–Trinajstić information content (AvgIpc) is 2.51. The second kappa shape index (κ2) is 7.56. The standard InChI is InChI=1S/C20H32N2O2/c1-7-21(8-2)14-16-9-10-18-15(3)22(12-11-17(18)13-16)19(23)24-20(4,5)6/h9-10,13,15H,7-8,11-12,14H2,1-6H3. The van der Waals surface area contributed by atoms with Crippen LogP contribution in [0.2, 0.25) is 0 Å². The second-order valence-corrected chi connectivity index (χ2v) is 7.59. The number of hydrogen-bond acceptors (Lipinski definition) is 3. The topological polar surface area (TPSA) is 32.8 Å². The molecule has 1 unspecified atom stereocenters. The largest absolute Gasteiger partial charge is 0.444 e. The van der Waals surface area contributed by atoms with Gasteiger partial charge in [-0.25, -0.2) is 4.79 Å². The summed E-state index contributed by atoms with van der Waals surface area (Å²) in [5.41, 5.74) is 3.52. The summed E-state index contributed by atoms with van der Waals surface area (Å²) >= 11 is 0. The smallest absolute Gasteiger partial charge is 0.410 e. The minimum absolute atomic E-state index is 0.0612. The first-order chi connectivity index (χ1) is 11.2. The van der Waals surface area contributed by atoms with E-state index < -0.39 is 5.60 Å². The molecule has 0 spiro atoms. The highest BCUT2D eigenvalue weighted by Crippen LogP contribution is 2.31. The molecule has 1 atom stereocenters. The number of hydrogen-bond donors (Lipinski definition) is 0. The van der Waals surface area contributed by atoms with Crippen LogP contribution in [0.25, 0.3) is 0 Å². The Bertz CT molecular complexity index is 573. The Balaban J connectivity index is 2.13. The Labute approximate surface area is 146 Å². The molecule has 4 nitrogen and oxygen atoms in total. The van der Waals surface area contributed by atoms with Crippen LogP contribution >= 0.6 is 0 Å². The van der Waals surface area contributed by atoms with E-state index in [9.17, 15) is 4.79 Å². The van der Waals surface area contributed by atoms with Gasteiger partial charge in [-0.2, -0.15) is 0 Å². The molecule has 0 aromatic heterocycles. The summed E-state index contributed by atoms with van der Waals surface area (Å²) in [5, 5.41) is 0. The third-order valence-corrected chi connectivity index (χ3v) is 4.68. The third kappa shape index (κ3) is 4.50. The Hall–Kier alpha value is -1.55. The fourth-order valence-corrected chi connectivity index (χ4v) is 3.26. The van der Waals surface area contributed by atoms with Gasteiger partial charge < -0.3 is 9.64 Å². The number of benzene rings is 1. The van der Waals surface area contributed by atoms with Gasteiger partial charge in [-0.3, -0.25) is 4.90 Å². The van der Waals surface area contributed by atoms with Crippen LogP contribution in [0, 0.1) is 0 Å². The zero-order valence-corrected chi connectivity index (χ0v) is 16.1. The highest BCUT2D eigenvalue weighted by atomic mass is 16.6. The Morgan fingerprint density at radius 3 is 2.54 bits per heavy atom. The average molecular weight is 332 g/mol. The monoisotopic (exact) mass is 332 g/mol. The highest BCUT2D eigenvalue weighted by Gasteiger charge is 2.31. The van der Waals surface area contributed by atoms with E-state index in [0.717, 1.165) is 32.6 Å². The lowest BCUT2D eigenvalue weighted by Crippen LogP contribution is -2.42. The van der Waals surface area contributed by atoms with Gasteiger partial charge in [0, 0.05) is 13.1 Å². The summed E-state index contributed by atoms with van der Waals surface area (Å²) in [5.74, 6) is 0. The van der Waals surface area contributed by atoms with Gasteiger partial charge in [0.05, 0.1) is 6.04 Å². The molecule has 4 heteroatoms. The molecule has 1 aliphatic heterocycles. The van der Waals surface area contributed by atoms with Crippen molar-refractivity contribution in [2.75, 3.05) is 19.6 Å². The first kappa shape index (κ1) is 18.8. The van der Waals surface area contributed by atoms with Gasteiger partial charge in [-0.05, 0) is 63.9 Å². The number of fused-ring (bicyclic) bond motifs is 1. The SMILES string of the molecule is CCN(CC)Cc1ccc2c(c1)CCN(C(=O)OC(C)(C)C)C2C. The molecule has 134 valence electrons. The van der Waals surface area contributed by atoms with Crippen molar-refractivity contribution >= 4 is 6.09 Å². The predicted molar refractivity (Wildman–Crippen MR) is 98.1 cm³/mol. The van der Waals surface area contributed by atoms with E-state index in [1.165, 1.54) is 16.7 Å². The summed E-state index contributed by atoms with van der Waals surface area (Å²) in [6.07, 6.45) is 0.679. The first-order valence-corrected chi connectivity index (χ1v) is 9.08. The van der Waals surface area contributed by atoms with Gasteiger partial charge in [-0.15, -0.1) is 0 Å². The fourth-order valence-electron chi connectivity index (χ4n) is 3.26. The van der Waals surface area contributed by atoms with E-state index >= 15 is 0 Å². The van der Waals surface area contributed by atoms with Crippen LogP contribution in [0.3, 0.4) is 0 Å². The van der Waals surface area contributed by atoms with E-state index in [4.69, 9.17) is 4.74 Å². The van der Waals surface area contributed by atoms with E-state index in [1.807, 2.05) is 25.7 Å². The maximum atomic E-state index is 12.4. The van der Waals surface area contributed by atoms with Gasteiger partial charge in [0.2, 0.25) is 0 Å². The minimum atomic E-state index is -0.454. The highest BCUT2D eigenvalue weighted by molar-refractivity contribution is 5.69. The van der Waals surface area contributed by atoms with Gasteiger partial charge in [0.25, 0.3) is 0 Å². The molecule has 0 bridgehead atoms. The first-order valence-electron chi connectivity index (χ1n) is 9.08. The Kier molecular flexibility index (Phi) is 5.92. The molecule has 0 N–H and O–H groups in total. The van der Waals surface area contributed by atoms with Crippen molar-refractivity contribution in [3.63, 3.8) is 0 Å². The van der Waals surface area contributed by atoms with E-state index in [2.05, 4.69) is 43.9 Å². The zero-order chi connectivity index (χ0) is 17.9. The van der Waals surface area contributed by atoms with Crippen LogP contribution in [-0.4, -0.2) is 41.1 Å². The molecule has 2 rings (SSSR count). The molecule has 0 saturated heterocycles. The van der Waals surface area contributed by atoms with Crippen LogP contribution < -0.4 is 0 Å². The normalized spacial score (nSPS) is 17.8. The van der Waals surface area contributed by atoms with Crippen LogP contribution in [0.1, 0.15) is 64.3 Å². The van der Waals surface area contributed by atoms with E-state index in [-0.39, 0.29) is 12.1 Å². The van der Waals surface area contributed by atoms with Crippen molar-refractivity contribution in [3.05, 3.63) is 34.9 Å². The van der Waals surface area contributed by atoms with E-state index in [1.54, 1.807) is 0 Å². The van der Waals surface area contributed by atoms with Crippen molar-refractivity contribution in [1.82, 2.24) is 9.80 Å². The summed E-state index contributed by atoms with van der Waals surface area (Å²) in [7, 11) is 0. The molecular formula is C20H32N2O2. The number of carbonyl (C=O) groups is 1. The number of nitrogens with zero attached hydrogens (tertiary/aromatic N) is 2. The fraction of sp³-hybridized carbons (Fsp3) is 0.650. The van der Waals surface area contributed by atoms with Crippen molar-refractivity contribution < 1.29 is 9.53 Å². The van der Waals surface area contributed by atoms with Crippen LogP contribution in [0.15, 0.2) is 18.2 Å². The maximum Gasteiger partial charge on any atom is 0.410 e. The van der Waals surface area contributed by atoms with Crippen molar-refractivity contribution in [3.8, 4) is 0 Å². The van der Waals surface area contributed by atoms with Crippen molar-refractivity contribution in [2.24, 2.45) is 0 Å². The molecule has 1 aromatic rings. The molecule has 0 radical (unpaired) electrons. The van der Waals surface area contributed by atoms with Crippen LogP contribution in [0.4, 0.5) is 4.79 Å². The Morgan fingerprint density at radius 2 is 1.96 bits per heavy atom. The van der Waals surface area contributed by atoms with Crippen molar-refractivity contribution in [2.45, 2.75) is 66.2 Å². The third-order valence-electron chi connectivity index (χ3n) is 4.68. The maximum absolute atomic E-state index is 12.4. The molecule has 1 aromatic carbocycles. The summed E-state index contributed by atoms with van der Waals surface area (Å²) in [6.45, 7) is 16.1. The molecule has 24 heavy (non-hydrogen) atoms. The molecule has 1 heterocycles. The summed E-state index contributed by atoms with van der Waals surface area (Å²) < 4.78 is 5.55. The lowest BCUT2D eigenvalue weighted by molar-refractivity contribution is 0.0159. The molecule has 1 amide bonds. The zero-order valence-electron chi connectivity index (χ0n) is 16.1. The van der Waals surface area contributed by atoms with Crippen LogP contribution in [-0.2, 0) is 17.7 Å². The van der Waals surface area contributed by atoms with E-state index in [0.29, 0.717) is 0 Å². The molecule has 0 saturated carbocycles. The summed E-state index contributed by atoms with van der Waals surface area (Å²) in [6, 6.07) is 6.77. The van der Waals surface area contributed by atoms with Crippen LogP contribution in [0.5, 0.6) is 0 Å². The minimum Gasteiger partial charge on any atom is -0.444 e. The predicted octanol–water partition coefficient (Wildman–Crippen LogP) is 4.38. The van der Waals surface area contributed by atoms with Crippen molar-refractivity contribution in [1.29, 1.82) is 0 Å². The lowest BCUT2D eigenvalue weighted by atomic mass is 9.92. The molecule has 0 fully saturated rings.